The lowest BCUT2D eigenvalue weighted by molar-refractivity contribution is -0.119. The van der Waals surface area contributed by atoms with Crippen LogP contribution < -0.4 is 9.64 Å². The van der Waals surface area contributed by atoms with Crippen LogP contribution in [0.25, 0.3) is 5.69 Å². The van der Waals surface area contributed by atoms with Gasteiger partial charge in [-0.2, -0.15) is 0 Å². The second-order valence-corrected chi connectivity index (χ2v) is 10.2. The SMILES string of the molecule is COc1ccc(C2c3cccn3-c3ccccc3N2C(=O)CN(C(=O)c2ccccc2Br)C2CC2)cc1. The van der Waals surface area contributed by atoms with Crippen LogP contribution in [-0.2, 0) is 4.79 Å². The zero-order valence-corrected chi connectivity index (χ0v) is 22.0. The van der Waals surface area contributed by atoms with Gasteiger partial charge >= 0.3 is 0 Å². The van der Waals surface area contributed by atoms with Gasteiger partial charge in [0.05, 0.1) is 29.7 Å². The van der Waals surface area contributed by atoms with Crippen molar-refractivity contribution < 1.29 is 14.3 Å². The smallest absolute Gasteiger partial charge is 0.255 e. The van der Waals surface area contributed by atoms with Crippen molar-refractivity contribution >= 4 is 33.4 Å². The van der Waals surface area contributed by atoms with Crippen molar-refractivity contribution in [3.8, 4) is 11.4 Å². The zero-order chi connectivity index (χ0) is 25.5. The van der Waals surface area contributed by atoms with Gasteiger partial charge in [0.1, 0.15) is 18.3 Å². The number of hydrogen-bond donors (Lipinski definition) is 0. The van der Waals surface area contributed by atoms with Gasteiger partial charge in [0.15, 0.2) is 0 Å². The second kappa shape index (κ2) is 9.56. The molecule has 1 saturated carbocycles. The molecule has 0 spiro atoms. The molecule has 1 aromatic heterocycles. The molecule has 1 fully saturated rings. The fourth-order valence-corrected chi connectivity index (χ4v) is 5.58. The minimum absolute atomic E-state index is 0.00648. The van der Waals surface area contributed by atoms with Crippen molar-refractivity contribution in [2.45, 2.75) is 24.9 Å². The molecule has 0 radical (unpaired) electrons. The molecule has 1 aliphatic heterocycles. The number of hydrogen-bond acceptors (Lipinski definition) is 3. The van der Waals surface area contributed by atoms with Crippen LogP contribution in [0.2, 0.25) is 0 Å². The van der Waals surface area contributed by atoms with Gasteiger partial charge in [-0.1, -0.05) is 36.4 Å². The van der Waals surface area contributed by atoms with E-state index in [4.69, 9.17) is 4.74 Å². The van der Waals surface area contributed by atoms with Crippen LogP contribution in [0.1, 0.15) is 40.5 Å². The average Bonchev–Trinajstić information content (AvgIpc) is 3.66. The van der Waals surface area contributed by atoms with E-state index in [0.29, 0.717) is 5.56 Å². The first-order valence-corrected chi connectivity index (χ1v) is 13.1. The molecule has 6 rings (SSSR count). The number of carbonyl (C=O) groups is 2. The summed E-state index contributed by atoms with van der Waals surface area (Å²) in [6.07, 6.45) is 3.84. The van der Waals surface area contributed by atoms with Gasteiger partial charge in [-0.05, 0) is 82.9 Å². The van der Waals surface area contributed by atoms with E-state index in [-0.39, 0.29) is 30.4 Å². The van der Waals surface area contributed by atoms with Crippen molar-refractivity contribution in [2.24, 2.45) is 0 Å². The molecule has 0 saturated heterocycles. The molecule has 0 N–H and O–H groups in total. The van der Waals surface area contributed by atoms with E-state index in [2.05, 4.69) is 26.6 Å². The summed E-state index contributed by atoms with van der Waals surface area (Å²) < 4.78 is 8.24. The number of ether oxygens (including phenoxy) is 1. The summed E-state index contributed by atoms with van der Waals surface area (Å²) in [6, 6.07) is 26.9. The third kappa shape index (κ3) is 4.23. The second-order valence-electron chi connectivity index (χ2n) is 9.38. The fraction of sp³-hybridized carbons (Fsp3) is 0.200. The highest BCUT2D eigenvalue weighted by Crippen LogP contribution is 2.43. The van der Waals surface area contributed by atoms with E-state index in [0.717, 1.165) is 45.7 Å². The van der Waals surface area contributed by atoms with E-state index < -0.39 is 0 Å². The monoisotopic (exact) mass is 555 g/mol. The van der Waals surface area contributed by atoms with E-state index in [1.807, 2.05) is 83.9 Å². The summed E-state index contributed by atoms with van der Waals surface area (Å²) in [5, 5.41) is 0. The number of aromatic nitrogens is 1. The lowest BCUT2D eigenvalue weighted by atomic mass is 9.97. The van der Waals surface area contributed by atoms with E-state index in [1.165, 1.54) is 0 Å². The summed E-state index contributed by atoms with van der Waals surface area (Å²) in [6.45, 7) is 0.00648. The van der Waals surface area contributed by atoms with Crippen molar-refractivity contribution in [1.82, 2.24) is 9.47 Å². The van der Waals surface area contributed by atoms with Gasteiger partial charge in [0, 0.05) is 16.7 Å². The molecule has 2 aliphatic rings. The predicted molar refractivity (Wildman–Crippen MR) is 146 cm³/mol. The molecule has 1 atom stereocenters. The number of benzene rings is 3. The molecule has 7 heteroatoms. The Balaban J connectivity index is 1.41. The first kappa shape index (κ1) is 23.6. The molecule has 3 aromatic carbocycles. The average molecular weight is 556 g/mol. The number of nitrogens with zero attached hydrogens (tertiary/aromatic N) is 3. The predicted octanol–water partition coefficient (Wildman–Crippen LogP) is 5.99. The third-order valence-corrected chi connectivity index (χ3v) is 7.77. The number of rotatable bonds is 6. The number of methoxy groups -OCH3 is 1. The Morgan fingerprint density at radius 3 is 2.32 bits per heavy atom. The number of amides is 2. The minimum Gasteiger partial charge on any atom is -0.497 e. The maximum absolute atomic E-state index is 14.2. The molecule has 4 aromatic rings. The molecule has 2 heterocycles. The maximum Gasteiger partial charge on any atom is 0.255 e. The number of carbonyl (C=O) groups excluding carboxylic acids is 2. The van der Waals surface area contributed by atoms with Crippen LogP contribution in [0, 0.1) is 0 Å². The number of fused-ring (bicyclic) bond motifs is 3. The quantitative estimate of drug-likeness (QED) is 0.293. The minimum atomic E-state index is -0.345. The Morgan fingerprint density at radius 2 is 1.62 bits per heavy atom. The number of para-hydroxylation sites is 2. The van der Waals surface area contributed by atoms with Crippen LogP contribution >= 0.6 is 15.9 Å². The highest BCUT2D eigenvalue weighted by Gasteiger charge is 2.40. The highest BCUT2D eigenvalue weighted by molar-refractivity contribution is 9.10. The van der Waals surface area contributed by atoms with Gasteiger partial charge in [0.2, 0.25) is 5.91 Å². The number of anilines is 1. The molecular formula is C30H26BrN3O3. The summed E-state index contributed by atoms with van der Waals surface area (Å²) in [7, 11) is 1.64. The molecular weight excluding hydrogens is 530 g/mol. The molecule has 37 heavy (non-hydrogen) atoms. The van der Waals surface area contributed by atoms with Gasteiger partial charge in [-0.3, -0.25) is 14.5 Å². The van der Waals surface area contributed by atoms with Crippen molar-refractivity contribution in [2.75, 3.05) is 18.6 Å². The van der Waals surface area contributed by atoms with E-state index in [9.17, 15) is 9.59 Å². The molecule has 2 amide bonds. The van der Waals surface area contributed by atoms with Crippen molar-refractivity contribution in [3.63, 3.8) is 0 Å². The Morgan fingerprint density at radius 1 is 0.919 bits per heavy atom. The molecule has 186 valence electrons. The highest BCUT2D eigenvalue weighted by atomic mass is 79.9. The molecule has 6 nitrogen and oxygen atoms in total. The summed E-state index contributed by atoms with van der Waals surface area (Å²) in [5.74, 6) is 0.512. The topological polar surface area (TPSA) is 54.8 Å². The third-order valence-electron chi connectivity index (χ3n) is 7.08. The molecule has 0 bridgehead atoms. The van der Waals surface area contributed by atoms with E-state index in [1.54, 1.807) is 18.1 Å². The Hall–Kier alpha value is -3.84. The lowest BCUT2D eigenvalue weighted by Gasteiger charge is -2.39. The van der Waals surface area contributed by atoms with Gasteiger partial charge in [-0.15, -0.1) is 0 Å². The van der Waals surface area contributed by atoms with Gasteiger partial charge < -0.3 is 14.2 Å². The first-order valence-electron chi connectivity index (χ1n) is 12.3. The zero-order valence-electron chi connectivity index (χ0n) is 20.4. The largest absolute Gasteiger partial charge is 0.497 e. The fourth-order valence-electron chi connectivity index (χ4n) is 5.13. The van der Waals surface area contributed by atoms with Crippen molar-refractivity contribution in [1.29, 1.82) is 0 Å². The summed E-state index contributed by atoms with van der Waals surface area (Å²) >= 11 is 3.51. The van der Waals surface area contributed by atoms with Gasteiger partial charge in [-0.25, -0.2) is 0 Å². The van der Waals surface area contributed by atoms with Gasteiger partial charge in [0.25, 0.3) is 5.91 Å². The molecule has 1 unspecified atom stereocenters. The Kier molecular flexibility index (Phi) is 6.08. The normalized spacial score (nSPS) is 16.1. The van der Waals surface area contributed by atoms with Crippen LogP contribution in [0.5, 0.6) is 5.75 Å². The summed E-state index contributed by atoms with van der Waals surface area (Å²) in [5.41, 5.74) is 4.30. The van der Waals surface area contributed by atoms with Crippen LogP contribution in [0.15, 0.2) is 95.6 Å². The summed E-state index contributed by atoms with van der Waals surface area (Å²) in [4.78, 5) is 31.4. The number of halogens is 1. The van der Waals surface area contributed by atoms with Crippen molar-refractivity contribution in [3.05, 3.63) is 112 Å². The van der Waals surface area contributed by atoms with E-state index >= 15 is 0 Å². The van der Waals surface area contributed by atoms with Crippen LogP contribution in [0.4, 0.5) is 5.69 Å². The standard InChI is InChI=1S/C30H26BrN3O3/c1-37-22-16-12-20(13-17-22)29-27-11-6-18-32(27)25-9-4-5-10-26(25)34(29)28(35)19-33(21-14-15-21)30(36)23-7-2-3-8-24(23)31/h2-13,16-18,21,29H,14-15,19H2,1H3. The van der Waals surface area contributed by atoms with Crippen LogP contribution in [-0.4, -0.2) is 41.0 Å². The lowest BCUT2D eigenvalue weighted by Crippen LogP contribution is -2.47. The maximum atomic E-state index is 14.2. The Labute approximate surface area is 224 Å². The van der Waals surface area contributed by atoms with Crippen LogP contribution in [0.3, 0.4) is 0 Å². The molecule has 1 aliphatic carbocycles. The first-order chi connectivity index (χ1) is 18.1. The Bertz CT molecular complexity index is 1480.